The zero-order chi connectivity index (χ0) is 23.8. The highest BCUT2D eigenvalue weighted by Gasteiger charge is 2.26. The van der Waals surface area contributed by atoms with Crippen LogP contribution in [0.25, 0.3) is 10.1 Å². The number of carbonyl (C=O) groups is 3. The van der Waals surface area contributed by atoms with Crippen LogP contribution in [0.4, 0.5) is 4.39 Å². The molecule has 6 nitrogen and oxygen atoms in total. The Hall–Kier alpha value is -2.91. The number of benzene rings is 2. The second-order valence-corrected chi connectivity index (χ2v) is 9.06. The Balaban J connectivity index is 1.81. The molecule has 1 atom stereocenters. The van der Waals surface area contributed by atoms with E-state index in [9.17, 15) is 18.8 Å². The number of esters is 2. The summed E-state index contributed by atoms with van der Waals surface area (Å²) in [5.74, 6) is -1.53. The average Bonchev–Trinajstić information content (AvgIpc) is 3.20. The Bertz CT molecular complexity index is 1130. The molecule has 0 aliphatic carbocycles. The van der Waals surface area contributed by atoms with Gasteiger partial charge in [0.2, 0.25) is 0 Å². The van der Waals surface area contributed by atoms with Gasteiger partial charge in [-0.05, 0) is 49.6 Å². The van der Waals surface area contributed by atoms with Gasteiger partial charge in [-0.25, -0.2) is 14.0 Å². The van der Waals surface area contributed by atoms with Crippen LogP contribution >= 0.6 is 23.1 Å². The number of rotatable bonds is 10. The van der Waals surface area contributed by atoms with Gasteiger partial charge in [0.25, 0.3) is 5.91 Å². The van der Waals surface area contributed by atoms with Gasteiger partial charge in [0.1, 0.15) is 23.3 Å². The normalized spacial score (nSPS) is 11.7. The molecule has 1 unspecified atom stereocenters. The third kappa shape index (κ3) is 6.11. The van der Waals surface area contributed by atoms with Crippen molar-refractivity contribution >= 4 is 51.0 Å². The zero-order valence-electron chi connectivity index (χ0n) is 18.3. The summed E-state index contributed by atoms with van der Waals surface area (Å²) in [5.41, 5.74) is 0.688. The van der Waals surface area contributed by atoms with Gasteiger partial charge in [-0.15, -0.1) is 11.3 Å². The third-order valence-corrected chi connectivity index (χ3v) is 6.64. The topological polar surface area (TPSA) is 81.7 Å². The van der Waals surface area contributed by atoms with Crippen molar-refractivity contribution in [2.24, 2.45) is 0 Å². The molecule has 0 saturated carbocycles. The Morgan fingerprint density at radius 2 is 1.85 bits per heavy atom. The molecule has 0 aliphatic heterocycles. The maximum atomic E-state index is 14.6. The van der Waals surface area contributed by atoms with Crippen molar-refractivity contribution in [3.8, 4) is 0 Å². The van der Waals surface area contributed by atoms with Gasteiger partial charge in [0.05, 0.1) is 6.61 Å². The van der Waals surface area contributed by atoms with Crippen LogP contribution in [0, 0.1) is 5.82 Å². The highest BCUT2D eigenvalue weighted by molar-refractivity contribution is 7.98. The Kier molecular flexibility index (Phi) is 8.85. The highest BCUT2D eigenvalue weighted by Crippen LogP contribution is 2.34. The minimum Gasteiger partial charge on any atom is -0.462 e. The number of fused-ring (bicyclic) bond motifs is 1. The number of ether oxygens (including phenoxy) is 2. The first-order valence-electron chi connectivity index (χ1n) is 10.3. The first-order valence-corrected chi connectivity index (χ1v) is 12.6. The molecule has 1 heterocycles. The van der Waals surface area contributed by atoms with Gasteiger partial charge < -0.3 is 14.8 Å². The molecule has 33 heavy (non-hydrogen) atoms. The van der Waals surface area contributed by atoms with E-state index in [1.807, 2.05) is 6.26 Å². The molecule has 2 aromatic carbocycles. The summed E-state index contributed by atoms with van der Waals surface area (Å²) in [6, 6.07) is 12.2. The fraction of sp³-hybridized carbons (Fsp3) is 0.292. The lowest BCUT2D eigenvalue weighted by atomic mass is 10.1. The minimum absolute atomic E-state index is 0.164. The van der Waals surface area contributed by atoms with Crippen LogP contribution in [0.1, 0.15) is 38.9 Å². The Labute approximate surface area is 199 Å². The predicted octanol–water partition coefficient (Wildman–Crippen LogP) is 4.81. The molecule has 1 amide bonds. The van der Waals surface area contributed by atoms with E-state index in [0.717, 1.165) is 11.3 Å². The highest BCUT2D eigenvalue weighted by atomic mass is 32.2. The van der Waals surface area contributed by atoms with Gasteiger partial charge in [-0.2, -0.15) is 11.8 Å². The van der Waals surface area contributed by atoms with E-state index in [1.165, 1.54) is 17.8 Å². The zero-order valence-corrected chi connectivity index (χ0v) is 19.9. The summed E-state index contributed by atoms with van der Waals surface area (Å²) in [4.78, 5) is 38.1. The molecular weight excluding hydrogens is 465 g/mol. The minimum atomic E-state index is -0.883. The van der Waals surface area contributed by atoms with Gasteiger partial charge in [0, 0.05) is 21.2 Å². The lowest BCUT2D eigenvalue weighted by Crippen LogP contribution is -2.42. The van der Waals surface area contributed by atoms with Crippen molar-refractivity contribution in [1.29, 1.82) is 0 Å². The molecule has 0 bridgehead atoms. The number of hydrogen-bond acceptors (Lipinski definition) is 7. The Morgan fingerprint density at radius 1 is 1.09 bits per heavy atom. The number of hydrogen-bond donors (Lipinski definition) is 1. The molecule has 3 aromatic rings. The molecule has 0 radical (unpaired) electrons. The van der Waals surface area contributed by atoms with Crippen molar-refractivity contribution < 1.29 is 28.2 Å². The summed E-state index contributed by atoms with van der Waals surface area (Å²) >= 11 is 2.62. The van der Waals surface area contributed by atoms with Crippen molar-refractivity contribution in [2.75, 3.05) is 18.6 Å². The number of halogens is 1. The monoisotopic (exact) mass is 489 g/mol. The van der Waals surface area contributed by atoms with E-state index in [-0.39, 0.29) is 29.0 Å². The lowest BCUT2D eigenvalue weighted by Gasteiger charge is -2.17. The smallest absolute Gasteiger partial charge is 0.348 e. The van der Waals surface area contributed by atoms with E-state index in [0.29, 0.717) is 22.4 Å². The molecule has 0 spiro atoms. The standard InChI is InChI=1S/C24H24FNO5S2/c1-3-30-24(29)21-16(20-17(25)10-7-11-19(20)33-21)14-31-23(28)18(12-13-32-2)26-22(27)15-8-5-4-6-9-15/h4-11,18H,3,12-14H2,1-2H3,(H,26,27). The first kappa shape index (κ1) is 24.7. The molecule has 0 fully saturated rings. The van der Waals surface area contributed by atoms with Crippen LogP contribution in [0.2, 0.25) is 0 Å². The molecule has 1 aromatic heterocycles. The van der Waals surface area contributed by atoms with Crippen LogP contribution < -0.4 is 5.32 Å². The number of thiophene rings is 1. The van der Waals surface area contributed by atoms with Gasteiger partial charge in [-0.3, -0.25) is 4.79 Å². The van der Waals surface area contributed by atoms with Crippen LogP contribution in [-0.2, 0) is 20.9 Å². The van der Waals surface area contributed by atoms with Crippen LogP contribution in [-0.4, -0.2) is 42.5 Å². The van der Waals surface area contributed by atoms with Gasteiger partial charge >= 0.3 is 11.9 Å². The summed E-state index contributed by atoms with van der Waals surface area (Å²) in [6.07, 6.45) is 2.26. The van der Waals surface area contributed by atoms with Crippen molar-refractivity contribution in [1.82, 2.24) is 5.32 Å². The number of nitrogens with one attached hydrogen (secondary N) is 1. The van der Waals surface area contributed by atoms with Gasteiger partial charge in [0.15, 0.2) is 0 Å². The van der Waals surface area contributed by atoms with Crippen molar-refractivity contribution in [3.05, 3.63) is 70.4 Å². The van der Waals surface area contributed by atoms with E-state index in [4.69, 9.17) is 9.47 Å². The second kappa shape index (κ2) is 11.8. The van der Waals surface area contributed by atoms with Crippen molar-refractivity contribution in [3.63, 3.8) is 0 Å². The van der Waals surface area contributed by atoms with Crippen LogP contribution in [0.3, 0.4) is 0 Å². The average molecular weight is 490 g/mol. The number of carbonyl (C=O) groups excluding carboxylic acids is 3. The predicted molar refractivity (Wildman–Crippen MR) is 128 cm³/mol. The molecule has 0 aliphatic rings. The number of amides is 1. The summed E-state index contributed by atoms with van der Waals surface area (Å²) < 4.78 is 25.7. The van der Waals surface area contributed by atoms with Crippen LogP contribution in [0.15, 0.2) is 48.5 Å². The van der Waals surface area contributed by atoms with E-state index in [1.54, 1.807) is 49.4 Å². The van der Waals surface area contributed by atoms with Crippen LogP contribution in [0.5, 0.6) is 0 Å². The maximum Gasteiger partial charge on any atom is 0.348 e. The van der Waals surface area contributed by atoms with Gasteiger partial charge in [-0.1, -0.05) is 24.3 Å². The molecular formula is C24H24FNO5S2. The maximum absolute atomic E-state index is 14.6. The molecule has 0 saturated heterocycles. The molecule has 174 valence electrons. The largest absolute Gasteiger partial charge is 0.462 e. The molecule has 3 rings (SSSR count). The SMILES string of the molecule is CCOC(=O)c1sc2cccc(F)c2c1COC(=O)C(CCSC)NC(=O)c1ccccc1. The summed E-state index contributed by atoms with van der Waals surface area (Å²) in [6.45, 7) is 1.53. The quantitative estimate of drug-likeness (QED) is 0.412. The third-order valence-electron chi connectivity index (χ3n) is 4.82. The molecule has 1 N–H and O–H groups in total. The lowest BCUT2D eigenvalue weighted by molar-refractivity contribution is -0.147. The van der Waals surface area contributed by atoms with E-state index < -0.39 is 29.7 Å². The Morgan fingerprint density at radius 3 is 2.55 bits per heavy atom. The first-order chi connectivity index (χ1) is 16.0. The molecule has 9 heteroatoms. The summed E-state index contributed by atoms with van der Waals surface area (Å²) in [7, 11) is 0. The fourth-order valence-electron chi connectivity index (χ4n) is 3.23. The van der Waals surface area contributed by atoms with Crippen molar-refractivity contribution in [2.45, 2.75) is 26.0 Å². The van der Waals surface area contributed by atoms with E-state index >= 15 is 0 Å². The van der Waals surface area contributed by atoms with E-state index in [2.05, 4.69) is 5.32 Å². The summed E-state index contributed by atoms with van der Waals surface area (Å²) in [5, 5.41) is 2.94. The number of thioether (sulfide) groups is 1. The fourth-order valence-corrected chi connectivity index (χ4v) is 4.81. The second-order valence-electron chi connectivity index (χ2n) is 7.02.